The van der Waals surface area contributed by atoms with Gasteiger partial charge in [0.15, 0.2) is 7.14 Å². The van der Waals surface area contributed by atoms with Gasteiger partial charge in [0.25, 0.3) is 0 Å². The van der Waals surface area contributed by atoms with E-state index in [0.717, 1.165) is 27.7 Å². The van der Waals surface area contributed by atoms with Gasteiger partial charge in [-0.2, -0.15) is 0 Å². The normalized spacial score (nSPS) is 11.8. The standard InChI is InChI=1S/C22H22NO2P/c1-18(23-19-13-15-20(25-2)16-14-19)17-26(24,21-9-5-3-6-10-21)22-11-7-4-8-12-22/h3-17,23H,1-2H3/b18-17+. The largest absolute Gasteiger partial charge is 0.497 e. The summed E-state index contributed by atoms with van der Waals surface area (Å²) < 4.78 is 19.2. The van der Waals surface area contributed by atoms with Crippen molar-refractivity contribution in [2.75, 3.05) is 12.4 Å². The Morgan fingerprint density at radius 3 is 1.81 bits per heavy atom. The molecule has 3 aromatic rings. The zero-order chi connectivity index (χ0) is 18.4. The van der Waals surface area contributed by atoms with E-state index in [1.165, 1.54) is 0 Å². The highest BCUT2D eigenvalue weighted by atomic mass is 31.2. The molecule has 0 aliphatic rings. The van der Waals surface area contributed by atoms with Crippen molar-refractivity contribution in [2.24, 2.45) is 0 Å². The van der Waals surface area contributed by atoms with Gasteiger partial charge in [0, 0.05) is 27.8 Å². The molecule has 3 nitrogen and oxygen atoms in total. The molecule has 0 aliphatic heterocycles. The van der Waals surface area contributed by atoms with E-state index in [1.54, 1.807) is 7.11 Å². The molecule has 132 valence electrons. The Labute approximate surface area is 154 Å². The minimum Gasteiger partial charge on any atom is -0.497 e. The van der Waals surface area contributed by atoms with Gasteiger partial charge < -0.3 is 14.6 Å². The van der Waals surface area contributed by atoms with Crippen LogP contribution in [0.15, 0.2) is 96.4 Å². The first-order chi connectivity index (χ1) is 12.6. The van der Waals surface area contributed by atoms with Crippen molar-refractivity contribution in [2.45, 2.75) is 6.92 Å². The first-order valence-corrected chi connectivity index (χ1v) is 10.2. The van der Waals surface area contributed by atoms with E-state index in [4.69, 9.17) is 4.74 Å². The summed E-state index contributed by atoms with van der Waals surface area (Å²) in [6.07, 6.45) is 0. The van der Waals surface area contributed by atoms with Gasteiger partial charge in [-0.05, 0) is 31.2 Å². The molecule has 4 heteroatoms. The average Bonchev–Trinajstić information content (AvgIpc) is 2.70. The molecular formula is C22H22NO2P. The molecule has 0 unspecified atom stereocenters. The lowest BCUT2D eigenvalue weighted by Gasteiger charge is -2.17. The fraction of sp³-hybridized carbons (Fsp3) is 0.0909. The second-order valence-electron chi connectivity index (χ2n) is 5.99. The van der Waals surface area contributed by atoms with Gasteiger partial charge in [0.1, 0.15) is 5.75 Å². The van der Waals surface area contributed by atoms with Gasteiger partial charge in [-0.25, -0.2) is 0 Å². The first-order valence-electron chi connectivity index (χ1n) is 8.43. The highest BCUT2D eigenvalue weighted by Gasteiger charge is 2.24. The van der Waals surface area contributed by atoms with Gasteiger partial charge in [0.05, 0.1) is 7.11 Å². The summed E-state index contributed by atoms with van der Waals surface area (Å²) in [5.74, 6) is 2.65. The van der Waals surface area contributed by atoms with Crippen molar-refractivity contribution >= 4 is 23.4 Å². The maximum Gasteiger partial charge on any atom is 0.165 e. The van der Waals surface area contributed by atoms with Crippen molar-refractivity contribution in [3.63, 3.8) is 0 Å². The van der Waals surface area contributed by atoms with Crippen LogP contribution in [0.4, 0.5) is 5.69 Å². The Kier molecular flexibility index (Phi) is 5.60. The van der Waals surface area contributed by atoms with Gasteiger partial charge >= 0.3 is 0 Å². The number of ether oxygens (including phenoxy) is 1. The Balaban J connectivity index is 1.97. The smallest absolute Gasteiger partial charge is 0.165 e. The van der Waals surface area contributed by atoms with Gasteiger partial charge in [-0.1, -0.05) is 60.7 Å². The molecule has 0 bridgehead atoms. The van der Waals surface area contributed by atoms with E-state index < -0.39 is 7.14 Å². The Morgan fingerprint density at radius 1 is 0.846 bits per heavy atom. The highest BCUT2D eigenvalue weighted by molar-refractivity contribution is 7.81. The van der Waals surface area contributed by atoms with E-state index in [1.807, 2.05) is 97.7 Å². The third kappa shape index (κ3) is 4.07. The van der Waals surface area contributed by atoms with Crippen LogP contribution in [0.3, 0.4) is 0 Å². The molecule has 0 heterocycles. The summed E-state index contributed by atoms with van der Waals surface area (Å²) >= 11 is 0. The number of hydrogen-bond acceptors (Lipinski definition) is 3. The SMILES string of the molecule is COc1ccc(N/C(C)=C/P(=O)(c2ccccc2)c2ccccc2)cc1. The molecule has 0 amide bonds. The predicted octanol–water partition coefficient (Wildman–Crippen LogP) is 4.98. The number of rotatable bonds is 6. The third-order valence-corrected chi connectivity index (χ3v) is 6.97. The number of methoxy groups -OCH3 is 1. The molecular weight excluding hydrogens is 341 g/mol. The molecule has 0 saturated heterocycles. The number of hydrogen-bond donors (Lipinski definition) is 1. The highest BCUT2D eigenvalue weighted by Crippen LogP contribution is 2.45. The van der Waals surface area contributed by atoms with Crippen LogP contribution >= 0.6 is 7.14 Å². The van der Waals surface area contributed by atoms with E-state index in [-0.39, 0.29) is 0 Å². The third-order valence-electron chi connectivity index (χ3n) is 4.09. The van der Waals surface area contributed by atoms with Crippen molar-refractivity contribution in [3.05, 3.63) is 96.4 Å². The Morgan fingerprint density at radius 2 is 1.35 bits per heavy atom. The van der Waals surface area contributed by atoms with Crippen LogP contribution in [0.1, 0.15) is 6.92 Å². The van der Waals surface area contributed by atoms with Crippen LogP contribution in [-0.4, -0.2) is 7.11 Å². The maximum absolute atomic E-state index is 14.0. The molecule has 26 heavy (non-hydrogen) atoms. The van der Waals surface area contributed by atoms with Crippen LogP contribution in [0.25, 0.3) is 0 Å². The van der Waals surface area contributed by atoms with Crippen LogP contribution in [-0.2, 0) is 4.57 Å². The number of nitrogens with one attached hydrogen (secondary N) is 1. The summed E-state index contributed by atoms with van der Waals surface area (Å²) in [6.45, 7) is 1.93. The zero-order valence-corrected chi connectivity index (χ0v) is 15.8. The van der Waals surface area contributed by atoms with Crippen molar-refractivity contribution < 1.29 is 9.30 Å². The van der Waals surface area contributed by atoms with Crippen molar-refractivity contribution in [3.8, 4) is 5.75 Å². The summed E-state index contributed by atoms with van der Waals surface area (Å²) in [5.41, 5.74) is 1.76. The van der Waals surface area contributed by atoms with Gasteiger partial charge in [0.2, 0.25) is 0 Å². The van der Waals surface area contributed by atoms with Crippen LogP contribution < -0.4 is 20.7 Å². The van der Waals surface area contributed by atoms with Gasteiger partial charge in [-0.15, -0.1) is 0 Å². The minimum atomic E-state index is -2.88. The number of benzene rings is 3. The second kappa shape index (κ2) is 8.07. The molecule has 3 rings (SSSR count). The molecule has 1 N–H and O–H groups in total. The lowest BCUT2D eigenvalue weighted by molar-refractivity contribution is 0.415. The molecule has 0 spiro atoms. The van der Waals surface area contributed by atoms with E-state index in [0.29, 0.717) is 0 Å². The Bertz CT molecular complexity index is 876. The molecule has 0 atom stereocenters. The van der Waals surface area contributed by atoms with Crippen molar-refractivity contribution in [1.82, 2.24) is 0 Å². The lowest BCUT2D eigenvalue weighted by atomic mass is 10.3. The van der Waals surface area contributed by atoms with Crippen molar-refractivity contribution in [1.29, 1.82) is 0 Å². The molecule has 3 aromatic carbocycles. The molecule has 0 fully saturated rings. The number of allylic oxidation sites excluding steroid dienone is 1. The zero-order valence-electron chi connectivity index (χ0n) is 14.9. The predicted molar refractivity (Wildman–Crippen MR) is 110 cm³/mol. The van der Waals surface area contributed by atoms with Crippen LogP contribution in [0.2, 0.25) is 0 Å². The topological polar surface area (TPSA) is 38.3 Å². The van der Waals surface area contributed by atoms with E-state index in [2.05, 4.69) is 5.32 Å². The van der Waals surface area contributed by atoms with E-state index in [9.17, 15) is 4.57 Å². The minimum absolute atomic E-state index is 0.802. The molecule has 0 radical (unpaired) electrons. The quantitative estimate of drug-likeness (QED) is 0.628. The summed E-state index contributed by atoms with van der Waals surface area (Å²) in [5, 5.41) is 4.96. The fourth-order valence-electron chi connectivity index (χ4n) is 2.80. The lowest BCUT2D eigenvalue weighted by Crippen LogP contribution is -2.15. The summed E-state index contributed by atoms with van der Waals surface area (Å²) in [6, 6.07) is 26.9. The summed E-state index contributed by atoms with van der Waals surface area (Å²) in [7, 11) is -1.24. The molecule has 0 saturated carbocycles. The fourth-order valence-corrected chi connectivity index (χ4v) is 5.24. The van der Waals surface area contributed by atoms with Gasteiger partial charge in [-0.3, -0.25) is 0 Å². The monoisotopic (exact) mass is 363 g/mol. The average molecular weight is 363 g/mol. The number of anilines is 1. The van der Waals surface area contributed by atoms with Crippen LogP contribution in [0.5, 0.6) is 5.75 Å². The first kappa shape index (κ1) is 18.0. The molecule has 0 aromatic heterocycles. The second-order valence-corrected chi connectivity index (χ2v) is 8.60. The summed E-state index contributed by atoms with van der Waals surface area (Å²) in [4.78, 5) is 0. The van der Waals surface area contributed by atoms with Crippen LogP contribution in [0, 0.1) is 0 Å². The maximum atomic E-state index is 14.0. The molecule has 0 aliphatic carbocycles. The van der Waals surface area contributed by atoms with E-state index >= 15 is 0 Å². The Hall–Kier alpha value is -2.77.